The normalized spacial score (nSPS) is 15.4. The molecule has 1 aliphatic rings. The molecule has 2 aromatic rings. The van der Waals surface area contributed by atoms with Gasteiger partial charge in [-0.1, -0.05) is 12.8 Å². The smallest absolute Gasteiger partial charge is 0.250 e. The number of aliphatic hydroxyl groups excluding tert-OH is 1. The van der Waals surface area contributed by atoms with Crippen molar-refractivity contribution in [2.45, 2.75) is 38.5 Å². The van der Waals surface area contributed by atoms with Crippen molar-refractivity contribution in [1.82, 2.24) is 0 Å². The fourth-order valence-electron chi connectivity index (χ4n) is 2.89. The van der Waals surface area contributed by atoms with Gasteiger partial charge in [0, 0.05) is 23.1 Å². The van der Waals surface area contributed by atoms with Gasteiger partial charge in [0.15, 0.2) is 0 Å². The number of anilines is 1. The van der Waals surface area contributed by atoms with E-state index < -0.39 is 12.5 Å². The van der Waals surface area contributed by atoms with E-state index in [1.807, 2.05) is 18.2 Å². The second-order valence-electron chi connectivity index (χ2n) is 5.34. The van der Waals surface area contributed by atoms with Gasteiger partial charge in [0.1, 0.15) is 18.0 Å². The lowest BCUT2D eigenvalue weighted by atomic mass is 9.97. The first-order valence-electron chi connectivity index (χ1n) is 7.23. The van der Waals surface area contributed by atoms with Crippen LogP contribution >= 0.6 is 0 Å². The third-order valence-corrected chi connectivity index (χ3v) is 3.88. The summed E-state index contributed by atoms with van der Waals surface area (Å²) in [4.78, 5) is 11.3. The predicted octanol–water partition coefficient (Wildman–Crippen LogP) is 3.02. The van der Waals surface area contributed by atoms with Crippen molar-refractivity contribution in [3.63, 3.8) is 0 Å². The Labute approximate surface area is 117 Å². The number of furan rings is 1. The third kappa shape index (κ3) is 2.56. The van der Waals surface area contributed by atoms with Crippen LogP contribution in [0.5, 0.6) is 0 Å². The minimum absolute atomic E-state index is 0.393. The van der Waals surface area contributed by atoms with E-state index in [0.717, 1.165) is 29.6 Å². The summed E-state index contributed by atoms with van der Waals surface area (Å²) in [6.45, 7) is -0.498. The molecule has 4 heteroatoms. The van der Waals surface area contributed by atoms with Gasteiger partial charge in [-0.25, -0.2) is 0 Å². The highest BCUT2D eigenvalue weighted by Gasteiger charge is 2.16. The molecule has 2 N–H and O–H groups in total. The molecule has 0 saturated carbocycles. The van der Waals surface area contributed by atoms with Crippen LogP contribution in [-0.2, 0) is 17.6 Å². The molecule has 0 aliphatic heterocycles. The topological polar surface area (TPSA) is 62.5 Å². The standard InChI is InChI=1S/C16H19NO3/c18-10-16(19)17-11-7-8-15-13(9-11)12-5-3-1-2-4-6-14(12)20-15/h7-9,18H,1-6,10H2,(H,17,19). The summed E-state index contributed by atoms with van der Waals surface area (Å²) in [6, 6.07) is 5.66. The lowest BCUT2D eigenvalue weighted by molar-refractivity contribution is -0.118. The van der Waals surface area contributed by atoms with Crippen LogP contribution in [0.4, 0.5) is 5.69 Å². The molecule has 0 fully saturated rings. The number of aryl methyl sites for hydroxylation is 2. The highest BCUT2D eigenvalue weighted by Crippen LogP contribution is 2.32. The van der Waals surface area contributed by atoms with E-state index in [9.17, 15) is 4.79 Å². The van der Waals surface area contributed by atoms with Crippen LogP contribution in [-0.4, -0.2) is 17.6 Å². The highest BCUT2D eigenvalue weighted by molar-refractivity contribution is 5.94. The van der Waals surface area contributed by atoms with E-state index in [4.69, 9.17) is 9.52 Å². The number of fused-ring (bicyclic) bond motifs is 3. The monoisotopic (exact) mass is 273 g/mol. The van der Waals surface area contributed by atoms with Crippen LogP contribution in [0.3, 0.4) is 0 Å². The molecule has 4 nitrogen and oxygen atoms in total. The number of hydrogen-bond donors (Lipinski definition) is 2. The fraction of sp³-hybridized carbons (Fsp3) is 0.438. The van der Waals surface area contributed by atoms with Gasteiger partial charge >= 0.3 is 0 Å². The summed E-state index contributed by atoms with van der Waals surface area (Å²) in [5.41, 5.74) is 2.89. The minimum Gasteiger partial charge on any atom is -0.461 e. The lowest BCUT2D eigenvalue weighted by Crippen LogP contribution is -2.15. The number of carbonyl (C=O) groups excluding carboxylic acids is 1. The molecule has 3 rings (SSSR count). The molecular weight excluding hydrogens is 254 g/mol. The van der Waals surface area contributed by atoms with Gasteiger partial charge in [-0.15, -0.1) is 0 Å². The second kappa shape index (κ2) is 5.67. The molecule has 0 unspecified atom stereocenters. The molecule has 0 atom stereocenters. The molecule has 0 bridgehead atoms. The Morgan fingerprint density at radius 3 is 2.80 bits per heavy atom. The van der Waals surface area contributed by atoms with E-state index in [2.05, 4.69) is 5.32 Å². The van der Waals surface area contributed by atoms with E-state index in [-0.39, 0.29) is 0 Å². The maximum absolute atomic E-state index is 11.3. The highest BCUT2D eigenvalue weighted by atomic mass is 16.3. The van der Waals surface area contributed by atoms with Gasteiger partial charge in [0.2, 0.25) is 5.91 Å². The van der Waals surface area contributed by atoms with Gasteiger partial charge < -0.3 is 14.8 Å². The molecule has 0 spiro atoms. The average Bonchev–Trinajstić information content (AvgIpc) is 2.75. The zero-order chi connectivity index (χ0) is 13.9. The van der Waals surface area contributed by atoms with Crippen LogP contribution < -0.4 is 5.32 Å². The maximum Gasteiger partial charge on any atom is 0.250 e. The van der Waals surface area contributed by atoms with Crippen molar-refractivity contribution < 1.29 is 14.3 Å². The summed E-state index contributed by atoms with van der Waals surface area (Å²) in [6.07, 6.45) is 6.96. The largest absolute Gasteiger partial charge is 0.461 e. The van der Waals surface area contributed by atoms with Crippen molar-refractivity contribution in [2.75, 3.05) is 11.9 Å². The number of nitrogens with one attached hydrogen (secondary N) is 1. The Morgan fingerprint density at radius 1 is 1.20 bits per heavy atom. The number of rotatable bonds is 2. The van der Waals surface area contributed by atoms with Gasteiger partial charge in [-0.05, 0) is 37.5 Å². The lowest BCUT2D eigenvalue weighted by Gasteiger charge is -2.08. The maximum atomic E-state index is 11.3. The van der Waals surface area contributed by atoms with Crippen molar-refractivity contribution in [3.8, 4) is 0 Å². The summed E-state index contributed by atoms with van der Waals surface area (Å²) in [5.74, 6) is 0.709. The third-order valence-electron chi connectivity index (χ3n) is 3.88. The van der Waals surface area contributed by atoms with Crippen LogP contribution in [0, 0.1) is 0 Å². The van der Waals surface area contributed by atoms with Crippen LogP contribution in [0.1, 0.15) is 37.0 Å². The molecule has 106 valence electrons. The SMILES string of the molecule is O=C(CO)Nc1ccc2oc3c(c2c1)CCCCCC3. The first kappa shape index (κ1) is 13.2. The van der Waals surface area contributed by atoms with Gasteiger partial charge in [-0.3, -0.25) is 4.79 Å². The molecule has 20 heavy (non-hydrogen) atoms. The first-order valence-corrected chi connectivity index (χ1v) is 7.23. The Kier molecular flexibility index (Phi) is 3.74. The molecule has 0 radical (unpaired) electrons. The number of benzene rings is 1. The molecule has 1 amide bonds. The summed E-state index contributed by atoms with van der Waals surface area (Å²) >= 11 is 0. The number of aliphatic hydroxyl groups is 1. The Bertz CT molecular complexity index is 630. The van der Waals surface area contributed by atoms with E-state index in [1.165, 1.54) is 31.2 Å². The van der Waals surface area contributed by atoms with Crippen LogP contribution in [0.2, 0.25) is 0 Å². The number of carbonyl (C=O) groups is 1. The Balaban J connectivity index is 1.99. The van der Waals surface area contributed by atoms with E-state index in [0.29, 0.717) is 5.69 Å². The van der Waals surface area contributed by atoms with E-state index >= 15 is 0 Å². The summed E-state index contributed by atoms with van der Waals surface area (Å²) in [5, 5.41) is 12.6. The molecule has 1 aliphatic carbocycles. The molecular formula is C16H19NO3. The van der Waals surface area contributed by atoms with Gasteiger partial charge in [0.05, 0.1) is 0 Å². The average molecular weight is 273 g/mol. The molecule has 0 saturated heterocycles. The van der Waals surface area contributed by atoms with Gasteiger partial charge in [0.25, 0.3) is 0 Å². The second-order valence-corrected chi connectivity index (χ2v) is 5.34. The quantitative estimate of drug-likeness (QED) is 0.884. The molecule has 1 heterocycles. The number of hydrogen-bond acceptors (Lipinski definition) is 3. The molecule has 1 aromatic carbocycles. The fourth-order valence-corrected chi connectivity index (χ4v) is 2.89. The van der Waals surface area contributed by atoms with Gasteiger partial charge in [-0.2, -0.15) is 0 Å². The molecule has 1 aromatic heterocycles. The van der Waals surface area contributed by atoms with E-state index in [1.54, 1.807) is 0 Å². The van der Waals surface area contributed by atoms with Crippen molar-refractivity contribution in [1.29, 1.82) is 0 Å². The zero-order valence-corrected chi connectivity index (χ0v) is 11.4. The summed E-state index contributed by atoms with van der Waals surface area (Å²) < 4.78 is 5.95. The van der Waals surface area contributed by atoms with Crippen molar-refractivity contribution in [2.24, 2.45) is 0 Å². The summed E-state index contributed by atoms with van der Waals surface area (Å²) in [7, 11) is 0. The minimum atomic E-state index is -0.498. The Morgan fingerprint density at radius 2 is 2.00 bits per heavy atom. The zero-order valence-electron chi connectivity index (χ0n) is 11.4. The Hall–Kier alpha value is -1.81. The van der Waals surface area contributed by atoms with Crippen molar-refractivity contribution >= 4 is 22.6 Å². The first-order chi connectivity index (χ1) is 9.78. The van der Waals surface area contributed by atoms with Crippen molar-refractivity contribution in [3.05, 3.63) is 29.5 Å². The predicted molar refractivity (Wildman–Crippen MR) is 77.8 cm³/mol. The number of amides is 1. The van der Waals surface area contributed by atoms with Crippen LogP contribution in [0.15, 0.2) is 22.6 Å². The van der Waals surface area contributed by atoms with Crippen LogP contribution in [0.25, 0.3) is 11.0 Å².